The summed E-state index contributed by atoms with van der Waals surface area (Å²) in [4.78, 5) is 13.9. The summed E-state index contributed by atoms with van der Waals surface area (Å²) in [7, 11) is -3.65. The number of rotatable bonds is 2. The van der Waals surface area contributed by atoms with Crippen LogP contribution in [0.1, 0.15) is 37.5 Å². The first-order chi connectivity index (χ1) is 13.2. The van der Waals surface area contributed by atoms with E-state index < -0.39 is 10.0 Å². The largest absolute Gasteiger partial charge is 0.342 e. The van der Waals surface area contributed by atoms with Crippen molar-refractivity contribution in [2.45, 2.75) is 43.9 Å². The van der Waals surface area contributed by atoms with Crippen LogP contribution in [0.25, 0.3) is 0 Å². The minimum atomic E-state index is -3.65. The predicted octanol–water partition coefficient (Wildman–Crippen LogP) is 3.12. The van der Waals surface area contributed by atoms with Gasteiger partial charge in [-0.3, -0.25) is 9.10 Å². The highest BCUT2D eigenvalue weighted by atomic mass is 32.2. The lowest BCUT2D eigenvalue weighted by molar-refractivity contribution is -0.128. The molecule has 0 bridgehead atoms. The van der Waals surface area contributed by atoms with E-state index >= 15 is 0 Å². The Kier molecular flexibility index (Phi) is 4.49. The minimum absolute atomic E-state index is 0.0663. The van der Waals surface area contributed by atoms with Crippen LogP contribution in [0.4, 0.5) is 5.69 Å². The molecule has 0 saturated heterocycles. The number of sulfonamides is 1. The van der Waals surface area contributed by atoms with Gasteiger partial charge in [0.2, 0.25) is 5.91 Å². The van der Waals surface area contributed by atoms with Gasteiger partial charge in [-0.25, -0.2) is 8.42 Å². The van der Waals surface area contributed by atoms with Gasteiger partial charge in [-0.2, -0.15) is 0 Å². The van der Waals surface area contributed by atoms with E-state index in [4.69, 9.17) is 0 Å². The molecule has 1 amide bonds. The number of hydrogen-bond acceptors (Lipinski definition) is 3. The summed E-state index contributed by atoms with van der Waals surface area (Å²) < 4.78 is 28.5. The molecule has 2 aliphatic heterocycles. The average molecular weight is 399 g/mol. The molecule has 148 valence electrons. The molecule has 28 heavy (non-hydrogen) atoms. The minimum Gasteiger partial charge on any atom is -0.342 e. The molecule has 6 heteroatoms. The topological polar surface area (TPSA) is 57.7 Å². The zero-order valence-electron chi connectivity index (χ0n) is 16.6. The van der Waals surface area contributed by atoms with Gasteiger partial charge in [0.25, 0.3) is 10.0 Å². The highest BCUT2D eigenvalue weighted by Gasteiger charge is 2.41. The Morgan fingerprint density at radius 2 is 1.68 bits per heavy atom. The van der Waals surface area contributed by atoms with Crippen LogP contribution in [0.5, 0.6) is 0 Å². The second-order valence-corrected chi connectivity index (χ2v) is 10.2. The molecular formula is C22H26N2O3S. The fraction of sp³-hybridized carbons (Fsp3) is 0.409. The van der Waals surface area contributed by atoms with Gasteiger partial charge in [-0.15, -0.1) is 0 Å². The van der Waals surface area contributed by atoms with Gasteiger partial charge in [0.15, 0.2) is 0 Å². The summed E-state index contributed by atoms with van der Waals surface area (Å²) in [5.41, 5.74) is 3.76. The van der Waals surface area contributed by atoms with Crippen molar-refractivity contribution in [2.24, 2.45) is 0 Å². The first-order valence-corrected chi connectivity index (χ1v) is 11.1. The van der Waals surface area contributed by atoms with Gasteiger partial charge in [-0.1, -0.05) is 38.1 Å². The number of para-hydroxylation sites is 1. The molecule has 0 saturated carbocycles. The lowest BCUT2D eigenvalue weighted by atomic mass is 9.87. The van der Waals surface area contributed by atoms with Gasteiger partial charge in [0.1, 0.15) is 0 Å². The van der Waals surface area contributed by atoms with Crippen molar-refractivity contribution in [2.75, 3.05) is 23.9 Å². The monoisotopic (exact) mass is 398 g/mol. The maximum atomic E-state index is 13.5. The smallest absolute Gasteiger partial charge is 0.264 e. The van der Waals surface area contributed by atoms with E-state index in [1.807, 2.05) is 41.3 Å². The highest BCUT2D eigenvalue weighted by molar-refractivity contribution is 7.92. The lowest BCUT2D eigenvalue weighted by Crippen LogP contribution is -2.34. The summed E-state index contributed by atoms with van der Waals surface area (Å²) in [6, 6.07) is 13.2. The molecule has 0 fully saturated rings. The number of hydrogen-bond donors (Lipinski definition) is 0. The van der Waals surface area contributed by atoms with Crippen molar-refractivity contribution in [1.29, 1.82) is 0 Å². The number of anilines is 1. The molecule has 0 spiro atoms. The number of nitrogens with zero attached hydrogens (tertiary/aromatic N) is 2. The molecule has 5 nitrogen and oxygen atoms in total. The van der Waals surface area contributed by atoms with Crippen LogP contribution in [0.15, 0.2) is 47.4 Å². The third-order valence-electron chi connectivity index (χ3n) is 5.95. The molecule has 4 rings (SSSR count). The Morgan fingerprint density at radius 1 is 1.00 bits per heavy atom. The number of amides is 1. The van der Waals surface area contributed by atoms with Crippen LogP contribution < -0.4 is 4.31 Å². The predicted molar refractivity (Wildman–Crippen MR) is 110 cm³/mol. The SMILES string of the molecule is CC(=O)N1CCc2ccc(S(=O)(=O)N3CC(C)(C)c4ccccc43)cc2CC1. The average Bonchev–Trinajstić information content (AvgIpc) is 2.81. The zero-order chi connectivity index (χ0) is 20.1. The standard InChI is InChI=1S/C22H26N2O3S/c1-16(25)23-12-10-17-8-9-19(14-18(17)11-13-23)28(26,27)24-15-22(2,3)20-6-4-5-7-21(20)24/h4-9,14H,10-13,15H2,1-3H3. The molecule has 2 aromatic carbocycles. The van der Waals surface area contributed by atoms with Crippen LogP contribution in [0.3, 0.4) is 0 Å². The van der Waals surface area contributed by atoms with Crippen molar-refractivity contribution < 1.29 is 13.2 Å². The highest BCUT2D eigenvalue weighted by Crippen LogP contribution is 2.43. The van der Waals surface area contributed by atoms with Gasteiger partial charge in [0, 0.05) is 32.0 Å². The third kappa shape index (κ3) is 3.09. The fourth-order valence-corrected chi connectivity index (χ4v) is 6.01. The molecule has 0 aromatic heterocycles. The first-order valence-electron chi connectivity index (χ1n) is 9.70. The van der Waals surface area contributed by atoms with Gasteiger partial charge < -0.3 is 4.90 Å². The van der Waals surface area contributed by atoms with Crippen molar-refractivity contribution >= 4 is 21.6 Å². The number of carbonyl (C=O) groups excluding carboxylic acids is 1. The third-order valence-corrected chi connectivity index (χ3v) is 7.71. The van der Waals surface area contributed by atoms with Crippen molar-refractivity contribution in [3.05, 3.63) is 59.2 Å². The Hall–Kier alpha value is -2.34. The van der Waals surface area contributed by atoms with E-state index in [9.17, 15) is 13.2 Å². The molecular weight excluding hydrogens is 372 g/mol. The molecule has 2 aliphatic rings. The summed E-state index contributed by atoms with van der Waals surface area (Å²) in [5, 5.41) is 0. The molecule has 0 N–H and O–H groups in total. The van der Waals surface area contributed by atoms with Crippen LogP contribution >= 0.6 is 0 Å². The number of fused-ring (bicyclic) bond motifs is 2. The quantitative estimate of drug-likeness (QED) is 0.781. The van der Waals surface area contributed by atoms with E-state index in [-0.39, 0.29) is 11.3 Å². The summed E-state index contributed by atoms with van der Waals surface area (Å²) in [5.74, 6) is 0.0663. The maximum Gasteiger partial charge on any atom is 0.264 e. The maximum absolute atomic E-state index is 13.5. The first kappa shape index (κ1) is 19.0. The van der Waals surface area contributed by atoms with E-state index in [1.54, 1.807) is 17.3 Å². The molecule has 2 heterocycles. The number of carbonyl (C=O) groups is 1. The van der Waals surface area contributed by atoms with Crippen LogP contribution in [0, 0.1) is 0 Å². The Balaban J connectivity index is 1.70. The molecule has 0 unspecified atom stereocenters. The van der Waals surface area contributed by atoms with Crippen molar-refractivity contribution in [1.82, 2.24) is 4.90 Å². The molecule has 2 aromatic rings. The second kappa shape index (κ2) is 6.62. The summed E-state index contributed by atoms with van der Waals surface area (Å²) >= 11 is 0. The van der Waals surface area contributed by atoms with Crippen LogP contribution in [-0.4, -0.2) is 38.9 Å². The number of benzene rings is 2. The van der Waals surface area contributed by atoms with Crippen molar-refractivity contribution in [3.63, 3.8) is 0 Å². The fourth-order valence-electron chi connectivity index (χ4n) is 4.31. The molecule has 0 aliphatic carbocycles. The van der Waals surface area contributed by atoms with E-state index in [0.29, 0.717) is 31.0 Å². The van der Waals surface area contributed by atoms with E-state index in [1.165, 1.54) is 0 Å². The zero-order valence-corrected chi connectivity index (χ0v) is 17.4. The molecule has 0 radical (unpaired) electrons. The van der Waals surface area contributed by atoms with Crippen LogP contribution in [-0.2, 0) is 33.1 Å². The normalized spacial score (nSPS) is 18.4. The molecule has 0 atom stereocenters. The summed E-state index contributed by atoms with van der Waals surface area (Å²) in [6.07, 6.45) is 1.44. The van der Waals surface area contributed by atoms with Gasteiger partial charge >= 0.3 is 0 Å². The van der Waals surface area contributed by atoms with E-state index in [0.717, 1.165) is 28.8 Å². The van der Waals surface area contributed by atoms with Crippen LogP contribution in [0.2, 0.25) is 0 Å². The van der Waals surface area contributed by atoms with Crippen molar-refractivity contribution in [3.8, 4) is 0 Å². The second-order valence-electron chi connectivity index (χ2n) is 8.35. The lowest BCUT2D eigenvalue weighted by Gasteiger charge is -2.23. The van der Waals surface area contributed by atoms with E-state index in [2.05, 4.69) is 13.8 Å². The Morgan fingerprint density at radius 3 is 2.39 bits per heavy atom. The van der Waals surface area contributed by atoms with Gasteiger partial charge in [-0.05, 0) is 47.7 Å². The van der Waals surface area contributed by atoms with Gasteiger partial charge in [0.05, 0.1) is 10.6 Å². The summed E-state index contributed by atoms with van der Waals surface area (Å²) in [6.45, 7) is 7.49. The Bertz CT molecular complexity index is 1040. The Labute approximate surface area is 167 Å².